The molecule has 1 fully saturated rings. The molecule has 1 aromatic heterocycles. The summed E-state index contributed by atoms with van der Waals surface area (Å²) in [5, 5.41) is 0. The monoisotopic (exact) mass is 179 g/mol. The summed E-state index contributed by atoms with van der Waals surface area (Å²) in [6.07, 6.45) is 7.84. The Balaban J connectivity index is 1.93. The van der Waals surface area contributed by atoms with Crippen LogP contribution in [0.2, 0.25) is 0 Å². The van der Waals surface area contributed by atoms with Gasteiger partial charge in [0.05, 0.1) is 0 Å². The van der Waals surface area contributed by atoms with E-state index in [4.69, 9.17) is 5.73 Å². The van der Waals surface area contributed by atoms with Crippen LogP contribution in [0.5, 0.6) is 0 Å². The second kappa shape index (κ2) is 3.50. The van der Waals surface area contributed by atoms with Gasteiger partial charge in [0, 0.05) is 25.0 Å². The fourth-order valence-electron chi connectivity index (χ4n) is 1.84. The summed E-state index contributed by atoms with van der Waals surface area (Å²) in [4.78, 5) is 4.18. The smallest absolute Gasteiger partial charge is 0.105 e. The zero-order chi connectivity index (χ0) is 9.26. The maximum absolute atomic E-state index is 6.09. The van der Waals surface area contributed by atoms with E-state index in [0.29, 0.717) is 6.04 Å². The van der Waals surface area contributed by atoms with E-state index in [2.05, 4.69) is 9.55 Å². The lowest BCUT2D eigenvalue weighted by Crippen LogP contribution is -2.38. The van der Waals surface area contributed by atoms with Crippen LogP contribution < -0.4 is 5.73 Å². The summed E-state index contributed by atoms with van der Waals surface area (Å²) in [6, 6.07) is 0.321. The zero-order valence-corrected chi connectivity index (χ0v) is 8.11. The Kier molecular flexibility index (Phi) is 2.36. The average molecular weight is 179 g/mol. The minimum atomic E-state index is 0.321. The maximum atomic E-state index is 6.09. The van der Waals surface area contributed by atoms with Crippen molar-refractivity contribution in [3.63, 3.8) is 0 Å². The molecular formula is C10H17N3. The fourth-order valence-corrected chi connectivity index (χ4v) is 1.84. The number of hydrogen-bond acceptors (Lipinski definition) is 2. The molecule has 1 aliphatic carbocycles. The topological polar surface area (TPSA) is 43.8 Å². The van der Waals surface area contributed by atoms with Crippen molar-refractivity contribution in [1.82, 2.24) is 9.55 Å². The van der Waals surface area contributed by atoms with E-state index in [0.717, 1.165) is 18.3 Å². The normalized spacial score (nSPS) is 19.8. The Morgan fingerprint density at radius 3 is 2.92 bits per heavy atom. The van der Waals surface area contributed by atoms with Gasteiger partial charge < -0.3 is 10.3 Å². The molecule has 1 saturated carbocycles. The Morgan fingerprint density at radius 1 is 1.69 bits per heavy atom. The Hall–Kier alpha value is -0.830. The second-order valence-electron chi connectivity index (χ2n) is 3.98. The first-order valence-corrected chi connectivity index (χ1v) is 5.00. The van der Waals surface area contributed by atoms with Crippen LogP contribution in [0.1, 0.15) is 25.1 Å². The van der Waals surface area contributed by atoms with Gasteiger partial charge in [-0.1, -0.05) is 6.42 Å². The number of nitrogens with zero attached hydrogens (tertiary/aromatic N) is 2. The molecule has 72 valence electrons. The second-order valence-corrected chi connectivity index (χ2v) is 3.98. The lowest BCUT2D eigenvalue weighted by molar-refractivity contribution is 0.243. The Bertz CT molecular complexity index is 275. The molecule has 2 N–H and O–H groups in total. The summed E-state index contributed by atoms with van der Waals surface area (Å²) in [6.45, 7) is 2.95. The highest BCUT2D eigenvalue weighted by molar-refractivity contribution is 4.91. The van der Waals surface area contributed by atoms with Gasteiger partial charge in [0.25, 0.3) is 0 Å². The largest absolute Gasteiger partial charge is 0.334 e. The molecule has 3 heteroatoms. The minimum Gasteiger partial charge on any atom is -0.334 e. The Labute approximate surface area is 79.0 Å². The summed E-state index contributed by atoms with van der Waals surface area (Å²) in [5.41, 5.74) is 6.09. The first-order chi connectivity index (χ1) is 6.27. The number of imidazole rings is 1. The fraction of sp³-hybridized carbons (Fsp3) is 0.700. The van der Waals surface area contributed by atoms with Gasteiger partial charge in [-0.05, 0) is 25.7 Å². The molecule has 0 bridgehead atoms. The van der Waals surface area contributed by atoms with Crippen molar-refractivity contribution >= 4 is 0 Å². The zero-order valence-electron chi connectivity index (χ0n) is 8.11. The molecule has 13 heavy (non-hydrogen) atoms. The lowest BCUT2D eigenvalue weighted by Gasteiger charge is -2.31. The van der Waals surface area contributed by atoms with Gasteiger partial charge in [0.2, 0.25) is 0 Å². The predicted octanol–water partition coefficient (Wildman–Crippen LogP) is 1.32. The van der Waals surface area contributed by atoms with Gasteiger partial charge >= 0.3 is 0 Å². The van der Waals surface area contributed by atoms with E-state index in [1.165, 1.54) is 19.3 Å². The maximum Gasteiger partial charge on any atom is 0.105 e. The highest BCUT2D eigenvalue weighted by Gasteiger charge is 2.24. The van der Waals surface area contributed by atoms with Crippen molar-refractivity contribution in [2.75, 3.05) is 0 Å². The van der Waals surface area contributed by atoms with Crippen LogP contribution >= 0.6 is 0 Å². The van der Waals surface area contributed by atoms with Crippen molar-refractivity contribution in [2.24, 2.45) is 11.7 Å². The molecule has 1 aromatic rings. The SMILES string of the molecule is Cc1nccn1CC(N)C1CCC1. The van der Waals surface area contributed by atoms with E-state index in [-0.39, 0.29) is 0 Å². The van der Waals surface area contributed by atoms with Crippen LogP contribution in [0.3, 0.4) is 0 Å². The van der Waals surface area contributed by atoms with Crippen molar-refractivity contribution in [3.8, 4) is 0 Å². The van der Waals surface area contributed by atoms with Gasteiger partial charge in [-0.15, -0.1) is 0 Å². The molecule has 0 radical (unpaired) electrons. The highest BCUT2D eigenvalue weighted by Crippen LogP contribution is 2.29. The van der Waals surface area contributed by atoms with Gasteiger partial charge in [0.1, 0.15) is 5.82 Å². The molecule has 1 unspecified atom stereocenters. The molecule has 1 aliphatic rings. The summed E-state index contributed by atoms with van der Waals surface area (Å²) >= 11 is 0. The molecule has 0 aliphatic heterocycles. The summed E-state index contributed by atoms with van der Waals surface area (Å²) < 4.78 is 2.14. The molecule has 0 saturated heterocycles. The van der Waals surface area contributed by atoms with Crippen molar-refractivity contribution in [3.05, 3.63) is 18.2 Å². The van der Waals surface area contributed by atoms with Crippen molar-refractivity contribution in [1.29, 1.82) is 0 Å². The van der Waals surface area contributed by atoms with Crippen LogP contribution in [0.25, 0.3) is 0 Å². The lowest BCUT2D eigenvalue weighted by atomic mass is 9.80. The number of nitrogens with two attached hydrogens (primary N) is 1. The van der Waals surface area contributed by atoms with Crippen molar-refractivity contribution in [2.45, 2.75) is 38.8 Å². The number of rotatable bonds is 3. The molecule has 2 rings (SSSR count). The van der Waals surface area contributed by atoms with Crippen LogP contribution in [0.4, 0.5) is 0 Å². The number of aryl methyl sites for hydroxylation is 1. The van der Waals surface area contributed by atoms with Crippen molar-refractivity contribution < 1.29 is 0 Å². The standard InChI is InChI=1S/C10H17N3/c1-8-12-5-6-13(8)7-10(11)9-3-2-4-9/h5-6,9-10H,2-4,7,11H2,1H3. The van der Waals surface area contributed by atoms with Crippen LogP contribution in [-0.4, -0.2) is 15.6 Å². The third kappa shape index (κ3) is 1.75. The first-order valence-electron chi connectivity index (χ1n) is 5.00. The molecule has 1 heterocycles. The number of aromatic nitrogens is 2. The minimum absolute atomic E-state index is 0.321. The van der Waals surface area contributed by atoms with E-state index in [1.807, 2.05) is 19.3 Å². The first kappa shape index (κ1) is 8.75. The summed E-state index contributed by atoms with van der Waals surface area (Å²) in [7, 11) is 0. The predicted molar refractivity (Wildman–Crippen MR) is 52.3 cm³/mol. The average Bonchev–Trinajstić information content (AvgIpc) is 2.32. The third-order valence-electron chi connectivity index (χ3n) is 3.09. The molecule has 0 amide bonds. The van der Waals surface area contributed by atoms with E-state index in [1.54, 1.807) is 0 Å². The molecule has 3 nitrogen and oxygen atoms in total. The van der Waals surface area contributed by atoms with Gasteiger partial charge in [-0.2, -0.15) is 0 Å². The van der Waals surface area contributed by atoms with Crippen LogP contribution in [0.15, 0.2) is 12.4 Å². The van der Waals surface area contributed by atoms with E-state index >= 15 is 0 Å². The van der Waals surface area contributed by atoms with Crippen LogP contribution in [-0.2, 0) is 6.54 Å². The van der Waals surface area contributed by atoms with E-state index < -0.39 is 0 Å². The van der Waals surface area contributed by atoms with Gasteiger partial charge in [0.15, 0.2) is 0 Å². The van der Waals surface area contributed by atoms with Crippen LogP contribution in [0, 0.1) is 12.8 Å². The Morgan fingerprint density at radius 2 is 2.46 bits per heavy atom. The molecule has 0 spiro atoms. The summed E-state index contributed by atoms with van der Waals surface area (Å²) in [5.74, 6) is 1.82. The quantitative estimate of drug-likeness (QED) is 0.760. The van der Waals surface area contributed by atoms with E-state index in [9.17, 15) is 0 Å². The highest BCUT2D eigenvalue weighted by atomic mass is 15.1. The third-order valence-corrected chi connectivity index (χ3v) is 3.09. The molecule has 0 aromatic carbocycles. The number of hydrogen-bond donors (Lipinski definition) is 1. The van der Waals surface area contributed by atoms with Gasteiger partial charge in [-0.3, -0.25) is 0 Å². The molecular weight excluding hydrogens is 162 g/mol. The molecule has 1 atom stereocenters. The van der Waals surface area contributed by atoms with Gasteiger partial charge in [-0.25, -0.2) is 4.98 Å².